The number of fused-ring (bicyclic) bond motifs is 1. The van der Waals surface area contributed by atoms with Crippen molar-refractivity contribution in [2.75, 3.05) is 11.9 Å². The fraction of sp³-hybridized carbons (Fsp3) is 0.242. The molecule has 3 N–H and O–H groups in total. The molecule has 234 valence electrons. The highest BCUT2D eigenvalue weighted by Gasteiger charge is 2.36. The molecule has 4 aromatic rings. The summed E-state index contributed by atoms with van der Waals surface area (Å²) < 4.78 is 77.0. The fourth-order valence-corrected chi connectivity index (χ4v) is 5.36. The van der Waals surface area contributed by atoms with E-state index in [-0.39, 0.29) is 41.8 Å². The highest BCUT2D eigenvalue weighted by molar-refractivity contribution is 5.97. The number of carboxylic acids is 1. The molecule has 5 rings (SSSR count). The zero-order chi connectivity index (χ0) is 32.3. The maximum absolute atomic E-state index is 15.0. The van der Waals surface area contributed by atoms with Gasteiger partial charge in [-0.05, 0) is 66.8 Å². The second-order valence-corrected chi connectivity index (χ2v) is 10.6. The highest BCUT2D eigenvalue weighted by Crippen LogP contribution is 2.43. The number of ether oxygens (including phenoxy) is 1. The monoisotopic (exact) mass is 625 g/mol. The second-order valence-electron chi connectivity index (χ2n) is 10.6. The van der Waals surface area contributed by atoms with Gasteiger partial charge in [-0.2, -0.15) is 13.2 Å². The van der Waals surface area contributed by atoms with Crippen LogP contribution in [0.1, 0.15) is 52.0 Å². The number of carbonyl (C=O) groups is 2. The first kappa shape index (κ1) is 31.4. The molecule has 12 heteroatoms. The predicted octanol–water partition coefficient (Wildman–Crippen LogP) is 6.97. The van der Waals surface area contributed by atoms with Gasteiger partial charge in [-0.25, -0.2) is 13.6 Å². The number of pyridine rings is 1. The third kappa shape index (κ3) is 6.89. The maximum Gasteiger partial charge on any atom is 0.418 e. The van der Waals surface area contributed by atoms with E-state index < -0.39 is 46.9 Å². The van der Waals surface area contributed by atoms with Gasteiger partial charge in [0.15, 0.2) is 0 Å². The number of carboxylic acid groups (broad SMARTS) is 1. The molecule has 0 unspecified atom stereocenters. The number of hydrogen-bond donors (Lipinski definition) is 3. The number of aromatic nitrogens is 1. The van der Waals surface area contributed by atoms with Crippen LogP contribution in [0.4, 0.5) is 27.6 Å². The molecule has 0 saturated heterocycles. The van der Waals surface area contributed by atoms with Crippen LogP contribution in [0.15, 0.2) is 72.9 Å². The minimum absolute atomic E-state index is 0.0843. The molecule has 0 saturated carbocycles. The molecule has 0 radical (unpaired) electrons. The second kappa shape index (κ2) is 12.9. The van der Waals surface area contributed by atoms with E-state index in [1.165, 1.54) is 24.4 Å². The predicted molar refractivity (Wildman–Crippen MR) is 156 cm³/mol. The molecular formula is C33H28F5N3O4. The van der Waals surface area contributed by atoms with Crippen molar-refractivity contribution in [2.24, 2.45) is 0 Å². The first-order valence-corrected chi connectivity index (χ1v) is 14.1. The van der Waals surface area contributed by atoms with Gasteiger partial charge < -0.3 is 20.5 Å². The molecule has 7 nitrogen and oxygen atoms in total. The van der Waals surface area contributed by atoms with Gasteiger partial charge in [-0.3, -0.25) is 9.78 Å². The summed E-state index contributed by atoms with van der Waals surface area (Å²) in [6.45, 7) is 2.02. The van der Waals surface area contributed by atoms with Gasteiger partial charge in [0.05, 0.1) is 17.9 Å². The number of amides is 1. The standard InChI is InChI=1S/C33H28F5N3O4/c1-18(19-7-3-2-4-8-19)40-21-16-25(34)28(26(35)17-21)31(42)41-27(32(43)44)15-20-11-12-23(30-22(20)9-6-14-45-30)29-24(33(36,37)38)10-5-13-39-29/h2-5,7-8,10-13,16-18,27,40H,6,9,14-15H2,1H3,(H,41,42)(H,43,44)/t18-,27-/m0/s1. The van der Waals surface area contributed by atoms with Crippen LogP contribution >= 0.6 is 0 Å². The van der Waals surface area contributed by atoms with Crippen molar-refractivity contribution in [2.45, 2.75) is 44.4 Å². The number of nitrogens with one attached hydrogen (secondary N) is 2. The van der Waals surface area contributed by atoms with Crippen LogP contribution in [-0.2, 0) is 23.8 Å². The summed E-state index contributed by atoms with van der Waals surface area (Å²) in [6, 6.07) is 14.0. The Morgan fingerprint density at radius 3 is 2.40 bits per heavy atom. The molecule has 3 aromatic carbocycles. The van der Waals surface area contributed by atoms with E-state index in [2.05, 4.69) is 15.6 Å². The topological polar surface area (TPSA) is 101 Å². The van der Waals surface area contributed by atoms with E-state index in [1.54, 1.807) is 6.92 Å². The third-order valence-corrected chi connectivity index (χ3v) is 7.52. The van der Waals surface area contributed by atoms with Crippen molar-refractivity contribution in [3.05, 3.63) is 112 Å². The SMILES string of the molecule is C[C@H](Nc1cc(F)c(C(=O)N[C@@H](Cc2ccc(-c3ncccc3C(F)(F)F)c3c2CCCO3)C(=O)O)c(F)c1)c1ccccc1. The number of carbonyl (C=O) groups excluding carboxylic acids is 1. The molecule has 2 atom stereocenters. The van der Waals surface area contributed by atoms with Crippen molar-refractivity contribution >= 4 is 17.6 Å². The minimum Gasteiger partial charge on any atom is -0.493 e. The van der Waals surface area contributed by atoms with Gasteiger partial charge in [0.2, 0.25) is 0 Å². The summed E-state index contributed by atoms with van der Waals surface area (Å²) >= 11 is 0. The molecule has 0 fully saturated rings. The molecule has 1 aliphatic heterocycles. The summed E-state index contributed by atoms with van der Waals surface area (Å²) in [6.07, 6.45) is -2.89. The average Bonchev–Trinajstić information content (AvgIpc) is 3.00. The van der Waals surface area contributed by atoms with E-state index in [1.807, 2.05) is 30.3 Å². The Morgan fingerprint density at radius 1 is 1.02 bits per heavy atom. The van der Waals surface area contributed by atoms with E-state index in [0.29, 0.717) is 24.0 Å². The lowest BCUT2D eigenvalue weighted by atomic mass is 9.90. The number of aliphatic carboxylic acids is 1. The quantitative estimate of drug-likeness (QED) is 0.174. The molecular weight excluding hydrogens is 597 g/mol. The lowest BCUT2D eigenvalue weighted by Gasteiger charge is -2.25. The van der Waals surface area contributed by atoms with Crippen LogP contribution in [0.2, 0.25) is 0 Å². The molecule has 0 bridgehead atoms. The van der Waals surface area contributed by atoms with Gasteiger partial charge >= 0.3 is 12.1 Å². The first-order valence-electron chi connectivity index (χ1n) is 14.1. The normalized spacial score (nSPS) is 14.1. The maximum atomic E-state index is 15.0. The van der Waals surface area contributed by atoms with Crippen LogP contribution in [0.3, 0.4) is 0 Å². The van der Waals surface area contributed by atoms with Gasteiger partial charge in [0.1, 0.15) is 29.0 Å². The molecule has 0 spiro atoms. The molecule has 0 aliphatic carbocycles. The van der Waals surface area contributed by atoms with Crippen molar-refractivity contribution in [1.82, 2.24) is 10.3 Å². The van der Waals surface area contributed by atoms with Crippen LogP contribution in [-0.4, -0.2) is 34.6 Å². The number of hydrogen-bond acceptors (Lipinski definition) is 5. The van der Waals surface area contributed by atoms with Crippen molar-refractivity contribution in [1.29, 1.82) is 0 Å². The first-order chi connectivity index (χ1) is 21.4. The average molecular weight is 626 g/mol. The van der Waals surface area contributed by atoms with Crippen LogP contribution < -0.4 is 15.4 Å². The molecule has 2 heterocycles. The zero-order valence-corrected chi connectivity index (χ0v) is 23.9. The van der Waals surface area contributed by atoms with Crippen LogP contribution in [0.25, 0.3) is 11.3 Å². The van der Waals surface area contributed by atoms with E-state index in [9.17, 15) is 27.9 Å². The lowest BCUT2D eigenvalue weighted by Crippen LogP contribution is -2.43. The molecule has 1 aromatic heterocycles. The fourth-order valence-electron chi connectivity index (χ4n) is 5.36. The lowest BCUT2D eigenvalue weighted by molar-refractivity contribution is -0.139. The van der Waals surface area contributed by atoms with Crippen LogP contribution in [0, 0.1) is 11.6 Å². The zero-order valence-electron chi connectivity index (χ0n) is 23.9. The number of rotatable bonds is 9. The molecule has 1 aliphatic rings. The summed E-state index contributed by atoms with van der Waals surface area (Å²) in [4.78, 5) is 29.1. The number of halogens is 5. The highest BCUT2D eigenvalue weighted by atomic mass is 19.4. The minimum atomic E-state index is -4.68. The smallest absolute Gasteiger partial charge is 0.418 e. The van der Waals surface area contributed by atoms with Gasteiger partial charge in [0, 0.05) is 29.9 Å². The Bertz CT molecular complexity index is 1710. The van der Waals surface area contributed by atoms with Crippen molar-refractivity contribution in [3.8, 4) is 17.0 Å². The Balaban J connectivity index is 1.39. The van der Waals surface area contributed by atoms with E-state index in [0.717, 1.165) is 23.8 Å². The number of nitrogens with zero attached hydrogens (tertiary/aromatic N) is 1. The Morgan fingerprint density at radius 2 is 1.73 bits per heavy atom. The van der Waals surface area contributed by atoms with E-state index in [4.69, 9.17) is 4.74 Å². The van der Waals surface area contributed by atoms with Crippen LogP contribution in [0.5, 0.6) is 5.75 Å². The van der Waals surface area contributed by atoms with Crippen molar-refractivity contribution < 1.29 is 41.4 Å². The summed E-state index contributed by atoms with van der Waals surface area (Å²) in [5.74, 6) is -4.98. The number of anilines is 1. The Hall–Kier alpha value is -5.00. The summed E-state index contributed by atoms with van der Waals surface area (Å²) in [5, 5.41) is 15.1. The summed E-state index contributed by atoms with van der Waals surface area (Å²) in [7, 11) is 0. The number of benzene rings is 3. The van der Waals surface area contributed by atoms with Crippen molar-refractivity contribution in [3.63, 3.8) is 0 Å². The Labute approximate surface area is 255 Å². The Kier molecular flexibility index (Phi) is 9.03. The molecule has 1 amide bonds. The van der Waals surface area contributed by atoms with Gasteiger partial charge in [-0.15, -0.1) is 0 Å². The number of alkyl halides is 3. The largest absolute Gasteiger partial charge is 0.493 e. The third-order valence-electron chi connectivity index (χ3n) is 7.52. The van der Waals surface area contributed by atoms with E-state index >= 15 is 8.78 Å². The summed E-state index contributed by atoms with van der Waals surface area (Å²) in [5.41, 5.74) is -0.331. The molecule has 45 heavy (non-hydrogen) atoms. The van der Waals surface area contributed by atoms with Gasteiger partial charge in [-0.1, -0.05) is 36.4 Å². The van der Waals surface area contributed by atoms with Gasteiger partial charge in [0.25, 0.3) is 5.91 Å².